The molecular formula is C29H57NO3. The highest BCUT2D eigenvalue weighted by Gasteiger charge is 2.13. The van der Waals surface area contributed by atoms with Gasteiger partial charge in [0.15, 0.2) is 0 Å². The third-order valence-corrected chi connectivity index (χ3v) is 6.70. The molecule has 0 aliphatic heterocycles. The number of carbonyl (C=O) groups excluding carboxylic acids is 1. The van der Waals surface area contributed by atoms with Gasteiger partial charge < -0.3 is 10.0 Å². The van der Waals surface area contributed by atoms with Crippen molar-refractivity contribution in [3.8, 4) is 0 Å². The van der Waals surface area contributed by atoms with Crippen molar-refractivity contribution in [3.63, 3.8) is 0 Å². The summed E-state index contributed by atoms with van der Waals surface area (Å²) in [6.07, 6.45) is 27.0. The fourth-order valence-corrected chi connectivity index (χ4v) is 4.49. The fraction of sp³-hybridized carbons (Fsp3) is 0.931. The molecule has 0 heterocycles. The van der Waals surface area contributed by atoms with E-state index in [2.05, 4.69) is 13.8 Å². The zero-order valence-electron chi connectivity index (χ0n) is 22.4. The van der Waals surface area contributed by atoms with Crippen molar-refractivity contribution in [3.05, 3.63) is 0 Å². The Morgan fingerprint density at radius 1 is 0.485 bits per heavy atom. The molecule has 4 heteroatoms. The maximum Gasteiger partial charge on any atom is 0.303 e. The number of unbranched alkanes of at least 4 members (excludes halogenated alkanes) is 18. The van der Waals surface area contributed by atoms with Gasteiger partial charge in [-0.15, -0.1) is 0 Å². The second-order valence-electron chi connectivity index (χ2n) is 9.99. The summed E-state index contributed by atoms with van der Waals surface area (Å²) >= 11 is 0. The van der Waals surface area contributed by atoms with Crippen molar-refractivity contribution >= 4 is 11.9 Å². The van der Waals surface area contributed by atoms with Crippen LogP contribution in [0.5, 0.6) is 0 Å². The van der Waals surface area contributed by atoms with Gasteiger partial charge in [0.2, 0.25) is 5.91 Å². The van der Waals surface area contributed by atoms with Gasteiger partial charge in [-0.05, 0) is 19.3 Å². The van der Waals surface area contributed by atoms with Gasteiger partial charge in [0.05, 0.1) is 0 Å². The molecule has 0 unspecified atom stereocenters. The number of hydrogen-bond acceptors (Lipinski definition) is 2. The lowest BCUT2D eigenvalue weighted by atomic mass is 10.1. The molecule has 0 aromatic rings. The van der Waals surface area contributed by atoms with Gasteiger partial charge in [0, 0.05) is 25.9 Å². The molecule has 0 aromatic carbocycles. The molecular weight excluding hydrogens is 410 g/mol. The molecule has 4 nitrogen and oxygen atoms in total. The van der Waals surface area contributed by atoms with Gasteiger partial charge in [-0.1, -0.05) is 129 Å². The monoisotopic (exact) mass is 467 g/mol. The van der Waals surface area contributed by atoms with E-state index in [0.717, 1.165) is 25.9 Å². The van der Waals surface area contributed by atoms with E-state index in [-0.39, 0.29) is 12.3 Å². The van der Waals surface area contributed by atoms with E-state index in [9.17, 15) is 9.59 Å². The molecule has 0 radical (unpaired) electrons. The van der Waals surface area contributed by atoms with Gasteiger partial charge in [-0.3, -0.25) is 9.59 Å². The highest BCUT2D eigenvalue weighted by Crippen LogP contribution is 2.14. The van der Waals surface area contributed by atoms with Crippen LogP contribution >= 0.6 is 0 Å². The minimum atomic E-state index is -0.807. The topological polar surface area (TPSA) is 57.6 Å². The Kier molecular flexibility index (Phi) is 24.7. The van der Waals surface area contributed by atoms with Crippen molar-refractivity contribution in [2.45, 2.75) is 162 Å². The van der Waals surface area contributed by atoms with Gasteiger partial charge >= 0.3 is 5.97 Å². The van der Waals surface area contributed by atoms with Crippen LogP contribution in [-0.4, -0.2) is 35.0 Å². The molecule has 196 valence electrons. The lowest BCUT2D eigenvalue weighted by Gasteiger charge is -2.23. The minimum absolute atomic E-state index is 0.0933. The zero-order chi connectivity index (χ0) is 24.4. The van der Waals surface area contributed by atoms with Crippen molar-refractivity contribution in [2.24, 2.45) is 0 Å². The largest absolute Gasteiger partial charge is 0.481 e. The van der Waals surface area contributed by atoms with Crippen LogP contribution < -0.4 is 0 Å². The van der Waals surface area contributed by atoms with Gasteiger partial charge in [-0.25, -0.2) is 0 Å². The highest BCUT2D eigenvalue weighted by atomic mass is 16.4. The van der Waals surface area contributed by atoms with Crippen molar-refractivity contribution in [2.75, 3.05) is 13.1 Å². The Bertz CT molecular complexity index is 415. The van der Waals surface area contributed by atoms with Crippen LogP contribution in [0.3, 0.4) is 0 Å². The lowest BCUT2D eigenvalue weighted by Crippen LogP contribution is -2.33. The second-order valence-corrected chi connectivity index (χ2v) is 9.99. The third-order valence-electron chi connectivity index (χ3n) is 6.70. The second kappa shape index (κ2) is 25.6. The number of carbonyl (C=O) groups is 2. The summed E-state index contributed by atoms with van der Waals surface area (Å²) in [4.78, 5) is 25.4. The number of aliphatic carboxylic acids is 1. The Hall–Kier alpha value is -1.06. The van der Waals surface area contributed by atoms with Gasteiger partial charge in [0.1, 0.15) is 0 Å². The predicted molar refractivity (Wildman–Crippen MR) is 142 cm³/mol. The molecule has 0 spiro atoms. The minimum Gasteiger partial charge on any atom is -0.481 e. The summed E-state index contributed by atoms with van der Waals surface area (Å²) in [7, 11) is 0. The number of nitrogens with zero attached hydrogens (tertiary/aromatic N) is 1. The van der Waals surface area contributed by atoms with Crippen molar-refractivity contribution in [1.82, 2.24) is 4.90 Å². The van der Waals surface area contributed by atoms with Crippen LogP contribution in [0, 0.1) is 0 Å². The number of hydrogen-bond donors (Lipinski definition) is 1. The molecule has 0 rings (SSSR count). The molecule has 0 saturated heterocycles. The van der Waals surface area contributed by atoms with Crippen LogP contribution in [0.1, 0.15) is 162 Å². The number of carboxylic acids is 1. The first kappa shape index (κ1) is 31.9. The SMILES string of the molecule is CCCCCCCCCCCCN(CCCCCCCCCCCC)C(=O)CCCC(=O)O. The molecule has 0 bridgehead atoms. The Labute approximate surface area is 206 Å². The average Bonchev–Trinajstić information content (AvgIpc) is 2.79. The van der Waals surface area contributed by atoms with E-state index in [1.807, 2.05) is 4.90 Å². The summed E-state index contributed by atoms with van der Waals surface area (Å²) in [5.41, 5.74) is 0. The number of amides is 1. The molecule has 0 aliphatic rings. The van der Waals surface area contributed by atoms with E-state index in [1.165, 1.54) is 116 Å². The molecule has 0 aliphatic carbocycles. The molecule has 0 aromatic heterocycles. The summed E-state index contributed by atoms with van der Waals surface area (Å²) in [6.45, 7) is 6.22. The van der Waals surface area contributed by atoms with Crippen molar-refractivity contribution in [1.29, 1.82) is 0 Å². The van der Waals surface area contributed by atoms with Gasteiger partial charge in [-0.2, -0.15) is 0 Å². The zero-order valence-corrected chi connectivity index (χ0v) is 22.4. The summed E-state index contributed by atoms with van der Waals surface area (Å²) in [5, 5.41) is 8.85. The predicted octanol–water partition coefficient (Wildman–Crippen LogP) is 8.91. The van der Waals surface area contributed by atoms with Crippen LogP contribution in [0.25, 0.3) is 0 Å². The molecule has 1 N–H and O–H groups in total. The Morgan fingerprint density at radius 2 is 0.818 bits per heavy atom. The highest BCUT2D eigenvalue weighted by molar-refractivity contribution is 5.77. The maximum absolute atomic E-state index is 12.6. The summed E-state index contributed by atoms with van der Waals surface area (Å²) in [6, 6.07) is 0. The quantitative estimate of drug-likeness (QED) is 0.129. The summed E-state index contributed by atoms with van der Waals surface area (Å²) in [5.74, 6) is -0.651. The number of carboxylic acid groups (broad SMARTS) is 1. The first-order valence-electron chi connectivity index (χ1n) is 14.6. The average molecular weight is 468 g/mol. The maximum atomic E-state index is 12.6. The molecule has 0 saturated carbocycles. The van der Waals surface area contributed by atoms with Gasteiger partial charge in [0.25, 0.3) is 0 Å². The molecule has 33 heavy (non-hydrogen) atoms. The molecule has 1 amide bonds. The van der Waals surface area contributed by atoms with E-state index >= 15 is 0 Å². The smallest absolute Gasteiger partial charge is 0.303 e. The first-order chi connectivity index (χ1) is 16.1. The van der Waals surface area contributed by atoms with Crippen LogP contribution in [0.4, 0.5) is 0 Å². The lowest BCUT2D eigenvalue weighted by molar-refractivity contribution is -0.137. The standard InChI is InChI=1S/C29H57NO3/c1-3-5-7-9-11-13-15-17-19-21-26-30(28(31)24-23-25-29(32)33)27-22-20-18-16-14-12-10-8-6-4-2/h3-27H2,1-2H3,(H,32,33). The van der Waals surface area contributed by atoms with E-state index in [0.29, 0.717) is 12.8 Å². The number of rotatable bonds is 26. The van der Waals surface area contributed by atoms with Crippen molar-refractivity contribution < 1.29 is 14.7 Å². The van der Waals surface area contributed by atoms with Crippen LogP contribution in [-0.2, 0) is 9.59 Å². The van der Waals surface area contributed by atoms with Crippen LogP contribution in [0.15, 0.2) is 0 Å². The first-order valence-corrected chi connectivity index (χ1v) is 14.6. The fourth-order valence-electron chi connectivity index (χ4n) is 4.49. The van der Waals surface area contributed by atoms with E-state index in [1.54, 1.807) is 0 Å². The molecule has 0 atom stereocenters. The van der Waals surface area contributed by atoms with E-state index < -0.39 is 5.97 Å². The molecule has 0 fully saturated rings. The van der Waals surface area contributed by atoms with Crippen LogP contribution in [0.2, 0.25) is 0 Å². The normalized spacial score (nSPS) is 11.1. The Balaban J connectivity index is 3.97. The third kappa shape index (κ3) is 23.9. The Morgan fingerprint density at radius 3 is 1.15 bits per heavy atom. The summed E-state index contributed by atoms with van der Waals surface area (Å²) < 4.78 is 0. The van der Waals surface area contributed by atoms with E-state index in [4.69, 9.17) is 5.11 Å².